The van der Waals surface area contributed by atoms with Gasteiger partial charge in [0.1, 0.15) is 0 Å². The third kappa shape index (κ3) is 3.57. The number of alkyl halides is 3. The van der Waals surface area contributed by atoms with Crippen LogP contribution in [0.5, 0.6) is 0 Å². The zero-order valence-electron chi connectivity index (χ0n) is 10.1. The van der Waals surface area contributed by atoms with E-state index in [9.17, 15) is 13.2 Å². The summed E-state index contributed by atoms with van der Waals surface area (Å²) in [4.78, 5) is 2.33. The lowest BCUT2D eigenvalue weighted by atomic mass is 10.2. The van der Waals surface area contributed by atoms with E-state index < -0.39 is 18.8 Å². The molecule has 2 heterocycles. The second kappa shape index (κ2) is 5.73. The Labute approximate surface area is 104 Å². The van der Waals surface area contributed by atoms with E-state index >= 15 is 0 Å². The SMILES string of the molecule is OC(CNCC1CN2CCCC2CO1)C(F)(F)F. The standard InChI is InChI=1S/C11H19F3N2O2/c12-11(13,14)10(17)5-15-4-9-6-16-3-1-2-8(16)7-18-9/h8-10,15,17H,1-7H2. The second-order valence-corrected chi connectivity index (χ2v) is 4.96. The maximum Gasteiger partial charge on any atom is 0.415 e. The normalized spacial score (nSPS) is 31.3. The van der Waals surface area contributed by atoms with E-state index in [-0.39, 0.29) is 6.10 Å². The summed E-state index contributed by atoms with van der Waals surface area (Å²) in [7, 11) is 0. The topological polar surface area (TPSA) is 44.7 Å². The quantitative estimate of drug-likeness (QED) is 0.773. The van der Waals surface area contributed by atoms with Crippen LogP contribution < -0.4 is 5.32 Å². The summed E-state index contributed by atoms with van der Waals surface area (Å²) in [6.45, 7) is 2.34. The van der Waals surface area contributed by atoms with E-state index in [4.69, 9.17) is 9.84 Å². The highest BCUT2D eigenvalue weighted by molar-refractivity contribution is 4.86. The van der Waals surface area contributed by atoms with Gasteiger partial charge in [-0.3, -0.25) is 4.90 Å². The Bertz CT molecular complexity index is 276. The van der Waals surface area contributed by atoms with Gasteiger partial charge in [-0.2, -0.15) is 13.2 Å². The van der Waals surface area contributed by atoms with Crippen LogP contribution in [-0.4, -0.2) is 67.2 Å². The molecule has 2 rings (SSSR count). The molecule has 0 aromatic rings. The molecule has 4 nitrogen and oxygen atoms in total. The van der Waals surface area contributed by atoms with Crippen LogP contribution in [0.15, 0.2) is 0 Å². The summed E-state index contributed by atoms with van der Waals surface area (Å²) >= 11 is 0. The molecule has 3 atom stereocenters. The van der Waals surface area contributed by atoms with E-state index in [2.05, 4.69) is 10.2 Å². The number of fused-ring (bicyclic) bond motifs is 1. The molecule has 2 aliphatic heterocycles. The molecule has 2 aliphatic rings. The van der Waals surface area contributed by atoms with Gasteiger partial charge in [0, 0.05) is 25.7 Å². The fraction of sp³-hybridized carbons (Fsp3) is 1.00. The van der Waals surface area contributed by atoms with Crippen molar-refractivity contribution < 1.29 is 23.0 Å². The Balaban J connectivity index is 1.65. The highest BCUT2D eigenvalue weighted by atomic mass is 19.4. The zero-order valence-corrected chi connectivity index (χ0v) is 10.1. The van der Waals surface area contributed by atoms with Gasteiger partial charge in [-0.25, -0.2) is 0 Å². The first kappa shape index (κ1) is 14.0. The molecule has 0 aliphatic carbocycles. The van der Waals surface area contributed by atoms with Crippen LogP contribution in [0.25, 0.3) is 0 Å². The van der Waals surface area contributed by atoms with Crippen LogP contribution in [0.2, 0.25) is 0 Å². The van der Waals surface area contributed by atoms with Gasteiger partial charge in [0.15, 0.2) is 6.10 Å². The number of halogens is 3. The number of aliphatic hydroxyl groups excluding tert-OH is 1. The Morgan fingerprint density at radius 2 is 2.22 bits per heavy atom. The van der Waals surface area contributed by atoms with Gasteiger partial charge in [-0.1, -0.05) is 0 Å². The van der Waals surface area contributed by atoms with Gasteiger partial charge in [-0.15, -0.1) is 0 Å². The summed E-state index contributed by atoms with van der Waals surface area (Å²) in [5, 5.41) is 11.4. The van der Waals surface area contributed by atoms with Gasteiger partial charge in [-0.05, 0) is 19.4 Å². The van der Waals surface area contributed by atoms with E-state index in [1.807, 2.05) is 0 Å². The first-order valence-corrected chi connectivity index (χ1v) is 6.28. The molecule has 2 fully saturated rings. The largest absolute Gasteiger partial charge is 0.415 e. The number of morpholine rings is 1. The van der Waals surface area contributed by atoms with Crippen molar-refractivity contribution in [2.45, 2.75) is 37.3 Å². The average molecular weight is 268 g/mol. The molecule has 106 valence electrons. The summed E-state index contributed by atoms with van der Waals surface area (Å²) < 4.78 is 41.8. The Kier molecular flexibility index (Phi) is 4.47. The van der Waals surface area contributed by atoms with Gasteiger partial charge >= 0.3 is 6.18 Å². The average Bonchev–Trinajstić information content (AvgIpc) is 2.74. The molecule has 0 saturated carbocycles. The minimum atomic E-state index is -4.56. The molecule has 0 bridgehead atoms. The lowest BCUT2D eigenvalue weighted by molar-refractivity contribution is -0.202. The van der Waals surface area contributed by atoms with Crippen molar-refractivity contribution in [3.8, 4) is 0 Å². The monoisotopic (exact) mass is 268 g/mol. The number of ether oxygens (including phenoxy) is 1. The van der Waals surface area contributed by atoms with E-state index in [1.54, 1.807) is 0 Å². The fourth-order valence-corrected chi connectivity index (χ4v) is 2.51. The van der Waals surface area contributed by atoms with E-state index in [0.29, 0.717) is 19.2 Å². The van der Waals surface area contributed by atoms with Crippen molar-refractivity contribution in [3.05, 3.63) is 0 Å². The Hall–Kier alpha value is -0.370. The number of aliphatic hydroxyl groups is 1. The number of rotatable bonds is 4. The number of nitrogens with zero attached hydrogens (tertiary/aromatic N) is 1. The highest BCUT2D eigenvalue weighted by Crippen LogP contribution is 2.22. The van der Waals surface area contributed by atoms with Crippen LogP contribution in [0, 0.1) is 0 Å². The maximum atomic E-state index is 12.1. The zero-order chi connectivity index (χ0) is 13.2. The molecule has 0 aromatic heterocycles. The molecular formula is C11H19F3N2O2. The van der Waals surface area contributed by atoms with Crippen molar-refractivity contribution in [3.63, 3.8) is 0 Å². The number of hydrogen-bond donors (Lipinski definition) is 2. The minimum absolute atomic E-state index is 0.0835. The molecule has 3 unspecified atom stereocenters. The first-order valence-electron chi connectivity index (χ1n) is 6.28. The van der Waals surface area contributed by atoms with Crippen LogP contribution >= 0.6 is 0 Å². The third-order valence-electron chi connectivity index (χ3n) is 3.55. The Morgan fingerprint density at radius 3 is 2.94 bits per heavy atom. The molecule has 18 heavy (non-hydrogen) atoms. The predicted octanol–water partition coefficient (Wildman–Crippen LogP) is 0.362. The third-order valence-corrected chi connectivity index (χ3v) is 3.55. The van der Waals surface area contributed by atoms with Crippen LogP contribution in [0.1, 0.15) is 12.8 Å². The van der Waals surface area contributed by atoms with Crippen molar-refractivity contribution in [2.75, 3.05) is 32.8 Å². The molecule has 0 amide bonds. The molecule has 0 spiro atoms. The summed E-state index contributed by atoms with van der Waals surface area (Å²) in [6.07, 6.45) is -4.63. The van der Waals surface area contributed by atoms with Crippen molar-refractivity contribution >= 4 is 0 Å². The van der Waals surface area contributed by atoms with Gasteiger partial charge < -0.3 is 15.2 Å². The molecule has 2 saturated heterocycles. The van der Waals surface area contributed by atoms with Gasteiger partial charge in [0.25, 0.3) is 0 Å². The number of hydrogen-bond acceptors (Lipinski definition) is 4. The predicted molar refractivity (Wildman–Crippen MR) is 59.3 cm³/mol. The van der Waals surface area contributed by atoms with Crippen LogP contribution in [0.4, 0.5) is 13.2 Å². The second-order valence-electron chi connectivity index (χ2n) is 4.96. The molecule has 2 N–H and O–H groups in total. The summed E-state index contributed by atoms with van der Waals surface area (Å²) in [5.41, 5.74) is 0. The van der Waals surface area contributed by atoms with Crippen molar-refractivity contribution in [1.29, 1.82) is 0 Å². The summed E-state index contributed by atoms with van der Waals surface area (Å²) in [5.74, 6) is 0. The molecule has 0 radical (unpaired) electrons. The smallest absolute Gasteiger partial charge is 0.382 e. The van der Waals surface area contributed by atoms with Crippen LogP contribution in [-0.2, 0) is 4.74 Å². The lowest BCUT2D eigenvalue weighted by Crippen LogP contribution is -2.50. The minimum Gasteiger partial charge on any atom is -0.382 e. The fourth-order valence-electron chi connectivity index (χ4n) is 2.51. The van der Waals surface area contributed by atoms with Crippen molar-refractivity contribution in [1.82, 2.24) is 10.2 Å². The maximum absolute atomic E-state index is 12.1. The van der Waals surface area contributed by atoms with Gasteiger partial charge in [0.2, 0.25) is 0 Å². The number of nitrogens with one attached hydrogen (secondary N) is 1. The van der Waals surface area contributed by atoms with Gasteiger partial charge in [0.05, 0.1) is 12.7 Å². The molecule has 7 heteroatoms. The van der Waals surface area contributed by atoms with E-state index in [0.717, 1.165) is 19.5 Å². The molecule has 0 aromatic carbocycles. The van der Waals surface area contributed by atoms with Crippen LogP contribution in [0.3, 0.4) is 0 Å². The first-order chi connectivity index (χ1) is 8.47. The summed E-state index contributed by atoms with van der Waals surface area (Å²) in [6, 6.07) is 0.488. The Morgan fingerprint density at radius 1 is 1.44 bits per heavy atom. The lowest BCUT2D eigenvalue weighted by Gasteiger charge is -2.35. The highest BCUT2D eigenvalue weighted by Gasteiger charge is 2.38. The molecular weight excluding hydrogens is 249 g/mol. The van der Waals surface area contributed by atoms with E-state index in [1.165, 1.54) is 6.42 Å². The van der Waals surface area contributed by atoms with Crippen molar-refractivity contribution in [2.24, 2.45) is 0 Å².